The number of nitrogen functional groups attached to an aromatic ring is 1. The quantitative estimate of drug-likeness (QED) is 0.294. The van der Waals surface area contributed by atoms with Crippen LogP contribution >= 0.6 is 0 Å². The number of nitrogens with zero attached hydrogens (tertiary/aromatic N) is 2. The number of aromatic amines is 2. The summed E-state index contributed by atoms with van der Waals surface area (Å²) in [6.07, 6.45) is 0. The van der Waals surface area contributed by atoms with Crippen LogP contribution in [0.5, 0.6) is 0 Å². The van der Waals surface area contributed by atoms with Crippen molar-refractivity contribution in [2.24, 2.45) is 5.73 Å². The lowest BCUT2D eigenvalue weighted by Gasteiger charge is -1.96. The number of rotatable bonds is 3. The highest BCUT2D eigenvalue weighted by molar-refractivity contribution is 5.98. The number of anilines is 2. The molecular formula is C15H13N7. The molecule has 0 aliphatic rings. The third kappa shape index (κ3) is 2.05. The maximum absolute atomic E-state index is 7.47. The molecule has 0 amide bonds. The van der Waals surface area contributed by atoms with Crippen LogP contribution in [-0.2, 0) is 0 Å². The lowest BCUT2D eigenvalue weighted by atomic mass is 10.2. The molecule has 2 aromatic heterocycles. The van der Waals surface area contributed by atoms with E-state index in [1.165, 1.54) is 0 Å². The Kier molecular flexibility index (Phi) is 2.59. The molecule has 0 aliphatic heterocycles. The van der Waals surface area contributed by atoms with Crippen LogP contribution in [0.2, 0.25) is 0 Å². The van der Waals surface area contributed by atoms with Crippen LogP contribution in [0.15, 0.2) is 42.5 Å². The lowest BCUT2D eigenvalue weighted by Crippen LogP contribution is -2.10. The Morgan fingerprint density at radius 2 is 1.64 bits per heavy atom. The second-order valence-electron chi connectivity index (χ2n) is 4.96. The molecule has 0 spiro atoms. The van der Waals surface area contributed by atoms with Crippen molar-refractivity contribution < 1.29 is 0 Å². The first-order valence-corrected chi connectivity index (χ1v) is 6.75. The largest absolute Gasteiger partial charge is 0.384 e. The van der Waals surface area contributed by atoms with Gasteiger partial charge in [0, 0.05) is 5.56 Å². The molecule has 108 valence electrons. The van der Waals surface area contributed by atoms with E-state index in [-0.39, 0.29) is 5.84 Å². The Balaban J connectivity index is 1.70. The molecule has 2 aromatic carbocycles. The molecule has 2 heterocycles. The van der Waals surface area contributed by atoms with Crippen molar-refractivity contribution in [3.05, 3.63) is 48.0 Å². The third-order valence-electron chi connectivity index (χ3n) is 3.42. The molecule has 0 bridgehead atoms. The summed E-state index contributed by atoms with van der Waals surface area (Å²) in [7, 11) is 0. The van der Waals surface area contributed by atoms with Crippen LogP contribution in [0.4, 0.5) is 11.9 Å². The number of imidazole rings is 2. The number of H-pyrrole nitrogens is 2. The fraction of sp³-hybridized carbons (Fsp3) is 0. The summed E-state index contributed by atoms with van der Waals surface area (Å²) in [5.41, 5.74) is 9.61. The van der Waals surface area contributed by atoms with Gasteiger partial charge < -0.3 is 15.7 Å². The van der Waals surface area contributed by atoms with E-state index in [9.17, 15) is 0 Å². The van der Waals surface area contributed by atoms with Gasteiger partial charge in [-0.1, -0.05) is 12.1 Å². The van der Waals surface area contributed by atoms with Crippen LogP contribution < -0.4 is 11.1 Å². The molecule has 7 heteroatoms. The Morgan fingerprint density at radius 3 is 2.36 bits per heavy atom. The molecule has 0 saturated carbocycles. The molecular weight excluding hydrogens is 278 g/mol. The minimum absolute atomic E-state index is 0.0308. The van der Waals surface area contributed by atoms with Crippen molar-refractivity contribution in [2.45, 2.75) is 0 Å². The number of nitrogens with one attached hydrogen (secondary N) is 4. The summed E-state index contributed by atoms with van der Waals surface area (Å²) >= 11 is 0. The highest BCUT2D eigenvalue weighted by atomic mass is 15.2. The van der Waals surface area contributed by atoms with Crippen molar-refractivity contribution in [1.29, 1.82) is 5.41 Å². The lowest BCUT2D eigenvalue weighted by molar-refractivity contribution is 1.23. The molecule has 22 heavy (non-hydrogen) atoms. The highest BCUT2D eigenvalue weighted by Crippen LogP contribution is 2.20. The fourth-order valence-corrected chi connectivity index (χ4v) is 2.36. The Labute approximate surface area is 125 Å². The van der Waals surface area contributed by atoms with Crippen molar-refractivity contribution in [1.82, 2.24) is 19.9 Å². The van der Waals surface area contributed by atoms with E-state index in [0.29, 0.717) is 17.5 Å². The fourth-order valence-electron chi connectivity index (χ4n) is 2.36. The normalized spacial score (nSPS) is 11.1. The molecule has 0 fully saturated rings. The van der Waals surface area contributed by atoms with E-state index in [0.717, 1.165) is 22.1 Å². The van der Waals surface area contributed by atoms with Gasteiger partial charge in [0.25, 0.3) is 0 Å². The summed E-state index contributed by atoms with van der Waals surface area (Å²) in [6, 6.07) is 13.2. The van der Waals surface area contributed by atoms with E-state index in [2.05, 4.69) is 25.3 Å². The van der Waals surface area contributed by atoms with Crippen molar-refractivity contribution in [3.63, 3.8) is 0 Å². The number of para-hydroxylation sites is 2. The van der Waals surface area contributed by atoms with Gasteiger partial charge in [0.15, 0.2) is 0 Å². The van der Waals surface area contributed by atoms with E-state index in [1.54, 1.807) is 12.1 Å². The van der Waals surface area contributed by atoms with Crippen molar-refractivity contribution in [2.75, 3.05) is 5.32 Å². The van der Waals surface area contributed by atoms with Gasteiger partial charge in [0.1, 0.15) is 5.84 Å². The SMILES string of the molecule is N=C(N)c1ccc2nc(Nc3nc4ccccc4[nH]3)[nH]c2c1. The summed E-state index contributed by atoms with van der Waals surface area (Å²) < 4.78 is 0. The standard InChI is InChI=1S/C15H13N7/c16-13(17)8-5-6-11-12(7-8)21-15(20-11)22-14-18-9-3-1-2-4-10(9)19-14/h1-7H,(H3,16,17)(H3,18,19,20,21,22). The van der Waals surface area contributed by atoms with Crippen molar-refractivity contribution >= 4 is 39.8 Å². The molecule has 0 aliphatic carbocycles. The first kappa shape index (κ1) is 12.4. The van der Waals surface area contributed by atoms with Gasteiger partial charge in [0.05, 0.1) is 22.1 Å². The predicted octanol–water partition coefficient (Wildman–Crippen LogP) is 2.47. The number of amidine groups is 1. The monoisotopic (exact) mass is 291 g/mol. The molecule has 6 N–H and O–H groups in total. The third-order valence-corrected chi connectivity index (χ3v) is 3.42. The van der Waals surface area contributed by atoms with Gasteiger partial charge in [-0.2, -0.15) is 0 Å². The number of nitrogens with two attached hydrogens (primary N) is 1. The second kappa shape index (κ2) is 4.59. The number of benzene rings is 2. The Bertz CT molecular complexity index is 962. The first-order valence-electron chi connectivity index (χ1n) is 6.75. The van der Waals surface area contributed by atoms with Gasteiger partial charge in [0.2, 0.25) is 11.9 Å². The summed E-state index contributed by atoms with van der Waals surface area (Å²) in [4.78, 5) is 15.2. The number of hydrogen-bond acceptors (Lipinski definition) is 4. The average Bonchev–Trinajstić information content (AvgIpc) is 3.08. The van der Waals surface area contributed by atoms with E-state index in [1.807, 2.05) is 30.3 Å². The van der Waals surface area contributed by atoms with E-state index >= 15 is 0 Å². The van der Waals surface area contributed by atoms with Gasteiger partial charge >= 0.3 is 0 Å². The van der Waals surface area contributed by atoms with E-state index in [4.69, 9.17) is 11.1 Å². The number of hydrogen-bond donors (Lipinski definition) is 5. The summed E-state index contributed by atoms with van der Waals surface area (Å²) in [6.45, 7) is 0. The Morgan fingerprint density at radius 1 is 0.955 bits per heavy atom. The zero-order valence-corrected chi connectivity index (χ0v) is 11.5. The maximum atomic E-state index is 7.47. The molecule has 0 unspecified atom stereocenters. The van der Waals surface area contributed by atoms with Gasteiger partial charge in [-0.3, -0.25) is 10.7 Å². The average molecular weight is 291 g/mol. The van der Waals surface area contributed by atoms with Crippen LogP contribution in [0.3, 0.4) is 0 Å². The second-order valence-corrected chi connectivity index (χ2v) is 4.96. The maximum Gasteiger partial charge on any atom is 0.208 e. The van der Waals surface area contributed by atoms with Crippen LogP contribution in [0, 0.1) is 5.41 Å². The number of aromatic nitrogens is 4. The van der Waals surface area contributed by atoms with Gasteiger partial charge in [-0.15, -0.1) is 0 Å². The Hall–Kier alpha value is -3.35. The summed E-state index contributed by atoms with van der Waals surface area (Å²) in [5, 5.41) is 10.6. The van der Waals surface area contributed by atoms with Gasteiger partial charge in [-0.25, -0.2) is 9.97 Å². The minimum Gasteiger partial charge on any atom is -0.384 e. The van der Waals surface area contributed by atoms with Gasteiger partial charge in [-0.05, 0) is 30.3 Å². The molecule has 4 rings (SSSR count). The first-order chi connectivity index (χ1) is 10.7. The van der Waals surface area contributed by atoms with E-state index < -0.39 is 0 Å². The zero-order valence-electron chi connectivity index (χ0n) is 11.5. The molecule has 0 radical (unpaired) electrons. The zero-order chi connectivity index (χ0) is 15.1. The molecule has 7 nitrogen and oxygen atoms in total. The van der Waals surface area contributed by atoms with Crippen LogP contribution in [0.1, 0.15) is 5.56 Å². The molecule has 0 saturated heterocycles. The van der Waals surface area contributed by atoms with Crippen LogP contribution in [0.25, 0.3) is 22.1 Å². The van der Waals surface area contributed by atoms with Crippen molar-refractivity contribution in [3.8, 4) is 0 Å². The molecule has 0 atom stereocenters. The molecule has 4 aromatic rings. The predicted molar refractivity (Wildman–Crippen MR) is 86.5 cm³/mol. The highest BCUT2D eigenvalue weighted by Gasteiger charge is 2.07. The summed E-state index contributed by atoms with van der Waals surface area (Å²) in [5.74, 6) is 1.23. The number of fused-ring (bicyclic) bond motifs is 2. The topological polar surface area (TPSA) is 119 Å². The van der Waals surface area contributed by atoms with Crippen LogP contribution in [-0.4, -0.2) is 25.8 Å². The minimum atomic E-state index is 0.0308. The smallest absolute Gasteiger partial charge is 0.208 e.